The number of anilines is 1. The number of aromatic nitrogens is 2. The summed E-state index contributed by atoms with van der Waals surface area (Å²) >= 11 is 0. The highest BCUT2D eigenvalue weighted by molar-refractivity contribution is 5.95. The summed E-state index contributed by atoms with van der Waals surface area (Å²) in [6, 6.07) is 11.3. The van der Waals surface area contributed by atoms with Gasteiger partial charge in [0.25, 0.3) is 0 Å². The maximum absolute atomic E-state index is 12.5. The molecular formula is C27H31N5O3. The number of carbonyl (C=O) groups excluding carboxylic acids is 2. The first-order chi connectivity index (χ1) is 16.9. The van der Waals surface area contributed by atoms with E-state index in [9.17, 15) is 9.59 Å². The first-order valence-corrected chi connectivity index (χ1v) is 12.2. The Kier molecular flexibility index (Phi) is 6.30. The van der Waals surface area contributed by atoms with Crippen molar-refractivity contribution in [2.24, 2.45) is 5.73 Å². The van der Waals surface area contributed by atoms with Crippen molar-refractivity contribution in [1.29, 1.82) is 0 Å². The Hall–Kier alpha value is -3.65. The van der Waals surface area contributed by atoms with Crippen molar-refractivity contribution in [3.8, 4) is 22.6 Å². The summed E-state index contributed by atoms with van der Waals surface area (Å²) in [6.45, 7) is 5.66. The second-order valence-electron chi connectivity index (χ2n) is 9.40. The number of rotatable bonds is 5. The van der Waals surface area contributed by atoms with E-state index < -0.39 is 5.91 Å². The summed E-state index contributed by atoms with van der Waals surface area (Å²) in [7, 11) is 0. The fraction of sp³-hybridized carbons (Fsp3) is 0.370. The minimum absolute atomic E-state index is 0.0155. The molecule has 3 N–H and O–H groups in total. The first kappa shape index (κ1) is 23.1. The molecule has 1 aromatic heterocycles. The van der Waals surface area contributed by atoms with Crippen LogP contribution in [0.15, 0.2) is 48.8 Å². The Morgan fingerprint density at radius 2 is 1.83 bits per heavy atom. The molecule has 1 atom stereocenters. The third kappa shape index (κ3) is 4.53. The Labute approximate surface area is 205 Å². The minimum Gasteiger partial charge on any atom is -0.456 e. The average Bonchev–Trinajstić information content (AvgIpc) is 3.35. The van der Waals surface area contributed by atoms with E-state index >= 15 is 0 Å². The number of nitrogens with two attached hydrogens (primary N) is 1. The van der Waals surface area contributed by atoms with E-state index in [0.29, 0.717) is 17.4 Å². The topological polar surface area (TPSA) is 102 Å². The second kappa shape index (κ2) is 9.54. The van der Waals surface area contributed by atoms with Crippen molar-refractivity contribution in [1.82, 2.24) is 15.1 Å². The molecule has 35 heavy (non-hydrogen) atoms. The van der Waals surface area contributed by atoms with E-state index in [2.05, 4.69) is 28.2 Å². The molecule has 8 heteroatoms. The zero-order valence-corrected chi connectivity index (χ0v) is 20.2. The van der Waals surface area contributed by atoms with Crippen molar-refractivity contribution >= 4 is 17.5 Å². The lowest BCUT2D eigenvalue weighted by molar-refractivity contribution is -0.117. The molecular weight excluding hydrogens is 442 g/mol. The first-order valence-electron chi connectivity index (χ1n) is 12.2. The van der Waals surface area contributed by atoms with Crippen LogP contribution in [0.25, 0.3) is 11.1 Å². The van der Waals surface area contributed by atoms with Gasteiger partial charge >= 0.3 is 0 Å². The highest BCUT2D eigenvalue weighted by Crippen LogP contribution is 2.45. The molecule has 8 nitrogen and oxygen atoms in total. The highest BCUT2D eigenvalue weighted by Gasteiger charge is 2.30. The quantitative estimate of drug-likeness (QED) is 0.582. The molecule has 0 aliphatic carbocycles. The van der Waals surface area contributed by atoms with Crippen molar-refractivity contribution in [2.75, 3.05) is 18.0 Å². The smallest absolute Gasteiger partial charge is 0.248 e. The number of fused-ring (bicyclic) bond motifs is 1. The van der Waals surface area contributed by atoms with Crippen LogP contribution < -0.4 is 20.7 Å². The van der Waals surface area contributed by atoms with Crippen LogP contribution in [-0.2, 0) is 11.2 Å². The van der Waals surface area contributed by atoms with Gasteiger partial charge in [0.15, 0.2) is 0 Å². The lowest BCUT2D eigenvalue weighted by atomic mass is 9.92. The van der Waals surface area contributed by atoms with Gasteiger partial charge in [-0.3, -0.25) is 14.3 Å². The number of amides is 2. The molecule has 0 bridgehead atoms. The predicted octanol–water partition coefficient (Wildman–Crippen LogP) is 4.05. The van der Waals surface area contributed by atoms with E-state index in [1.807, 2.05) is 23.2 Å². The van der Waals surface area contributed by atoms with Gasteiger partial charge < -0.3 is 20.7 Å². The summed E-state index contributed by atoms with van der Waals surface area (Å²) in [6.07, 6.45) is 7.72. The Morgan fingerprint density at radius 1 is 1.09 bits per heavy atom. The van der Waals surface area contributed by atoms with Gasteiger partial charge in [-0.15, -0.1) is 0 Å². The molecule has 0 unspecified atom stereocenters. The summed E-state index contributed by atoms with van der Waals surface area (Å²) < 4.78 is 8.54. The SMILES string of the molecule is CC(=O)N1c2ccc(-c3cnn(C4CCNCC4)c3)c(Oc3ccc(C(N)=O)cc3)c2CC[C@@H]1C. The van der Waals surface area contributed by atoms with Crippen LogP contribution in [0.5, 0.6) is 11.5 Å². The maximum atomic E-state index is 12.5. The van der Waals surface area contributed by atoms with Gasteiger partial charge in [0.1, 0.15) is 11.5 Å². The lowest BCUT2D eigenvalue weighted by Gasteiger charge is -2.36. The van der Waals surface area contributed by atoms with Crippen LogP contribution >= 0.6 is 0 Å². The Balaban J connectivity index is 1.58. The third-order valence-electron chi connectivity index (χ3n) is 7.04. The number of piperidine rings is 1. The molecule has 0 saturated carbocycles. The van der Waals surface area contributed by atoms with Gasteiger partial charge in [0.05, 0.1) is 17.9 Å². The molecule has 1 saturated heterocycles. The van der Waals surface area contributed by atoms with Gasteiger partial charge in [-0.25, -0.2) is 0 Å². The number of hydrogen-bond donors (Lipinski definition) is 2. The molecule has 5 rings (SSSR count). The van der Waals surface area contributed by atoms with E-state index in [0.717, 1.165) is 66.9 Å². The van der Waals surface area contributed by atoms with Crippen LogP contribution in [0.2, 0.25) is 0 Å². The van der Waals surface area contributed by atoms with Gasteiger partial charge in [0, 0.05) is 41.4 Å². The summed E-state index contributed by atoms with van der Waals surface area (Å²) in [5.41, 5.74) is 9.62. The molecule has 2 aliphatic rings. The molecule has 3 aromatic rings. The molecule has 2 aromatic carbocycles. The number of carbonyl (C=O) groups is 2. The van der Waals surface area contributed by atoms with Gasteiger partial charge in [-0.1, -0.05) is 0 Å². The molecule has 2 aliphatic heterocycles. The monoisotopic (exact) mass is 473 g/mol. The van der Waals surface area contributed by atoms with Crippen LogP contribution in [0, 0.1) is 0 Å². The van der Waals surface area contributed by atoms with Crippen LogP contribution in [-0.4, -0.2) is 40.7 Å². The van der Waals surface area contributed by atoms with E-state index in [1.54, 1.807) is 31.2 Å². The second-order valence-corrected chi connectivity index (χ2v) is 9.40. The van der Waals surface area contributed by atoms with E-state index in [-0.39, 0.29) is 11.9 Å². The molecule has 182 valence electrons. The molecule has 2 amide bonds. The zero-order valence-electron chi connectivity index (χ0n) is 20.2. The molecule has 0 radical (unpaired) electrons. The van der Waals surface area contributed by atoms with Crippen LogP contribution in [0.4, 0.5) is 5.69 Å². The number of benzene rings is 2. The van der Waals surface area contributed by atoms with Crippen molar-refractivity contribution < 1.29 is 14.3 Å². The molecule has 1 fully saturated rings. The number of nitrogens with zero attached hydrogens (tertiary/aromatic N) is 3. The van der Waals surface area contributed by atoms with Crippen molar-refractivity contribution in [3.05, 3.63) is 59.9 Å². The van der Waals surface area contributed by atoms with Gasteiger partial charge in [-0.2, -0.15) is 5.10 Å². The molecule has 3 heterocycles. The number of primary amides is 1. The Morgan fingerprint density at radius 3 is 2.51 bits per heavy atom. The largest absolute Gasteiger partial charge is 0.456 e. The van der Waals surface area contributed by atoms with Gasteiger partial charge in [-0.05, 0) is 82.1 Å². The highest BCUT2D eigenvalue weighted by atomic mass is 16.5. The summed E-state index contributed by atoms with van der Waals surface area (Å²) in [5.74, 6) is 0.855. The van der Waals surface area contributed by atoms with Crippen molar-refractivity contribution in [2.45, 2.75) is 51.6 Å². The zero-order chi connectivity index (χ0) is 24.5. The Bertz CT molecular complexity index is 1240. The summed E-state index contributed by atoms with van der Waals surface area (Å²) in [4.78, 5) is 25.8. The van der Waals surface area contributed by atoms with Gasteiger partial charge in [0.2, 0.25) is 11.8 Å². The standard InChI is InChI=1S/C27H31N5O3/c1-17-3-8-24-25(32(17)18(2)33)10-9-23(20-15-30-31(16-20)21-11-13-29-14-12-21)26(24)35-22-6-4-19(5-7-22)27(28)34/h4-7,9-10,15-17,21,29H,3,8,11-14H2,1-2H3,(H2,28,34)/t17-/m0/s1. The maximum Gasteiger partial charge on any atom is 0.248 e. The van der Waals surface area contributed by atoms with E-state index in [4.69, 9.17) is 10.5 Å². The van der Waals surface area contributed by atoms with Crippen molar-refractivity contribution in [3.63, 3.8) is 0 Å². The third-order valence-corrected chi connectivity index (χ3v) is 7.04. The molecule has 0 spiro atoms. The fourth-order valence-corrected chi connectivity index (χ4v) is 5.18. The fourth-order valence-electron chi connectivity index (χ4n) is 5.18. The van der Waals surface area contributed by atoms with Crippen LogP contribution in [0.3, 0.4) is 0 Å². The predicted molar refractivity (Wildman–Crippen MR) is 135 cm³/mol. The number of nitrogens with one attached hydrogen (secondary N) is 1. The average molecular weight is 474 g/mol. The minimum atomic E-state index is -0.481. The normalized spacial score (nSPS) is 18.2. The lowest BCUT2D eigenvalue weighted by Crippen LogP contribution is -2.40. The number of ether oxygens (including phenoxy) is 1. The summed E-state index contributed by atoms with van der Waals surface area (Å²) in [5, 5.41) is 8.08. The number of hydrogen-bond acceptors (Lipinski definition) is 5. The van der Waals surface area contributed by atoms with E-state index in [1.165, 1.54) is 0 Å². The van der Waals surface area contributed by atoms with Crippen LogP contribution in [0.1, 0.15) is 55.1 Å².